The van der Waals surface area contributed by atoms with Gasteiger partial charge in [0.15, 0.2) is 10.4 Å². The van der Waals surface area contributed by atoms with Gasteiger partial charge in [-0.2, -0.15) is 0 Å². The van der Waals surface area contributed by atoms with E-state index < -0.39 is 0 Å². The lowest BCUT2D eigenvalue weighted by molar-refractivity contribution is 0.601. The van der Waals surface area contributed by atoms with Crippen LogP contribution in [0.3, 0.4) is 0 Å². The molecule has 5 nitrogen and oxygen atoms in total. The lowest BCUT2D eigenvalue weighted by Crippen LogP contribution is -2.23. The van der Waals surface area contributed by atoms with Gasteiger partial charge in [0.2, 0.25) is 0 Å². The monoisotopic (exact) mass is 380 g/mol. The highest BCUT2D eigenvalue weighted by atomic mass is 35.5. The largest absolute Gasteiger partial charge is 0.463 e. The van der Waals surface area contributed by atoms with E-state index in [9.17, 15) is 9.59 Å². The molecule has 0 saturated carbocycles. The summed E-state index contributed by atoms with van der Waals surface area (Å²) in [5, 5.41) is 0.831. The second-order valence-corrected chi connectivity index (χ2v) is 7.24. The first-order valence-electron chi connectivity index (χ1n) is 7.74. The zero-order valence-corrected chi connectivity index (χ0v) is 14.7. The Morgan fingerprint density at radius 3 is 2.88 bits per heavy atom. The maximum absolute atomic E-state index is 12.8. The molecule has 0 unspecified atom stereocenters. The van der Waals surface area contributed by atoms with E-state index in [1.165, 1.54) is 17.6 Å². The first-order chi connectivity index (χ1) is 12.6. The number of rotatable bonds is 1. The van der Waals surface area contributed by atoms with E-state index in [-0.39, 0.29) is 11.0 Å². The maximum atomic E-state index is 12.8. The molecular weight excluding hydrogens is 372 g/mol. The predicted molar refractivity (Wildman–Crippen MR) is 103 cm³/mol. The lowest BCUT2D eigenvalue weighted by Gasteiger charge is -1.98. The Kier molecular flexibility index (Phi) is 3.25. The Labute approximate surface area is 154 Å². The van der Waals surface area contributed by atoms with Crippen molar-refractivity contribution >= 4 is 56.0 Å². The molecule has 7 heteroatoms. The molecule has 2 aromatic carbocycles. The molecule has 0 fully saturated rings. The fourth-order valence-corrected chi connectivity index (χ4v) is 4.12. The van der Waals surface area contributed by atoms with E-state index in [4.69, 9.17) is 16.0 Å². The summed E-state index contributed by atoms with van der Waals surface area (Å²) in [7, 11) is 0. The average molecular weight is 381 g/mol. The number of imidazole rings is 1. The van der Waals surface area contributed by atoms with Gasteiger partial charge in [-0.1, -0.05) is 35.1 Å². The SMILES string of the molecule is O=c1c(C=c2sc3nc4ccccc4n3c2=O)coc2ccc(Cl)cc12. The summed E-state index contributed by atoms with van der Waals surface area (Å²) in [5.41, 5.74) is 1.83. The molecule has 5 rings (SSSR count). The van der Waals surface area contributed by atoms with Crippen LogP contribution in [0.5, 0.6) is 0 Å². The molecule has 0 bridgehead atoms. The molecule has 0 aliphatic rings. The third-order valence-corrected chi connectivity index (χ3v) is 5.40. The Morgan fingerprint density at radius 1 is 1.15 bits per heavy atom. The fraction of sp³-hybridized carbons (Fsp3) is 0. The van der Waals surface area contributed by atoms with Crippen molar-refractivity contribution in [3.05, 3.63) is 84.4 Å². The smallest absolute Gasteiger partial charge is 0.274 e. The minimum Gasteiger partial charge on any atom is -0.463 e. The number of nitrogens with zero attached hydrogens (tertiary/aromatic N) is 2. The Bertz CT molecular complexity index is 1500. The molecule has 0 aliphatic carbocycles. The molecule has 0 aliphatic heterocycles. The molecule has 3 heterocycles. The third kappa shape index (κ3) is 2.20. The van der Waals surface area contributed by atoms with Crippen molar-refractivity contribution in [2.75, 3.05) is 0 Å². The van der Waals surface area contributed by atoms with Crippen LogP contribution in [0.15, 0.2) is 62.7 Å². The van der Waals surface area contributed by atoms with E-state index in [0.29, 0.717) is 31.0 Å². The summed E-state index contributed by atoms with van der Waals surface area (Å²) in [4.78, 5) is 30.5. The highest BCUT2D eigenvalue weighted by Gasteiger charge is 2.12. The lowest BCUT2D eigenvalue weighted by atomic mass is 10.1. The number of thiazole rings is 1. The topological polar surface area (TPSA) is 64.6 Å². The Morgan fingerprint density at radius 2 is 2.00 bits per heavy atom. The number of fused-ring (bicyclic) bond motifs is 4. The van der Waals surface area contributed by atoms with Gasteiger partial charge in [0.25, 0.3) is 5.56 Å². The van der Waals surface area contributed by atoms with Crippen LogP contribution < -0.4 is 15.5 Å². The van der Waals surface area contributed by atoms with Crippen LogP contribution in [-0.4, -0.2) is 9.38 Å². The van der Waals surface area contributed by atoms with Gasteiger partial charge in [-0.05, 0) is 36.4 Å². The first-order valence-corrected chi connectivity index (χ1v) is 8.94. The van der Waals surface area contributed by atoms with Crippen LogP contribution >= 0.6 is 22.9 Å². The molecular formula is C19H9ClN2O3S. The van der Waals surface area contributed by atoms with Gasteiger partial charge in [0.1, 0.15) is 11.8 Å². The number of hydrogen-bond donors (Lipinski definition) is 0. The predicted octanol–water partition coefficient (Wildman–Crippen LogP) is 3.22. The molecule has 3 aromatic heterocycles. The molecule has 0 spiro atoms. The molecule has 0 saturated heterocycles. The van der Waals surface area contributed by atoms with Gasteiger partial charge in [-0.3, -0.25) is 9.59 Å². The Balaban J connectivity index is 1.80. The van der Waals surface area contributed by atoms with Gasteiger partial charge in [-0.25, -0.2) is 9.38 Å². The van der Waals surface area contributed by atoms with Crippen molar-refractivity contribution in [2.45, 2.75) is 0 Å². The van der Waals surface area contributed by atoms with E-state index in [0.717, 1.165) is 11.0 Å². The zero-order valence-electron chi connectivity index (χ0n) is 13.1. The van der Waals surface area contributed by atoms with Crippen LogP contribution in [0.4, 0.5) is 0 Å². The number of para-hydroxylation sites is 2. The zero-order chi connectivity index (χ0) is 17.8. The van der Waals surface area contributed by atoms with Crippen molar-refractivity contribution < 1.29 is 4.42 Å². The van der Waals surface area contributed by atoms with E-state index in [1.54, 1.807) is 28.7 Å². The van der Waals surface area contributed by atoms with Gasteiger partial charge in [0.05, 0.1) is 26.5 Å². The number of halogens is 1. The van der Waals surface area contributed by atoms with Crippen LogP contribution in [0.1, 0.15) is 5.56 Å². The maximum Gasteiger partial charge on any atom is 0.274 e. The average Bonchev–Trinajstić information content (AvgIpc) is 3.14. The highest BCUT2D eigenvalue weighted by molar-refractivity contribution is 7.15. The number of benzene rings is 2. The standard InChI is InChI=1S/C19H9ClN2O3S/c20-11-5-6-15-12(8-11)17(23)10(9-25-15)7-16-18(24)22-14-4-2-1-3-13(14)21-19(22)26-16/h1-9H. The van der Waals surface area contributed by atoms with Gasteiger partial charge in [0, 0.05) is 5.02 Å². The van der Waals surface area contributed by atoms with Crippen LogP contribution in [0.25, 0.3) is 33.0 Å². The molecule has 26 heavy (non-hydrogen) atoms. The van der Waals surface area contributed by atoms with Crippen molar-refractivity contribution in [1.82, 2.24) is 9.38 Å². The minimum absolute atomic E-state index is 0.204. The summed E-state index contributed by atoms with van der Waals surface area (Å²) in [6, 6.07) is 12.3. The summed E-state index contributed by atoms with van der Waals surface area (Å²) in [6.07, 6.45) is 2.90. The highest BCUT2D eigenvalue weighted by Crippen LogP contribution is 2.18. The van der Waals surface area contributed by atoms with Crippen molar-refractivity contribution in [1.29, 1.82) is 0 Å². The van der Waals surface area contributed by atoms with E-state index in [1.807, 2.05) is 24.3 Å². The summed E-state index contributed by atoms with van der Waals surface area (Å²) >= 11 is 7.21. The van der Waals surface area contributed by atoms with E-state index in [2.05, 4.69) is 4.98 Å². The van der Waals surface area contributed by atoms with Gasteiger partial charge >= 0.3 is 0 Å². The van der Waals surface area contributed by atoms with Crippen LogP contribution in [-0.2, 0) is 0 Å². The van der Waals surface area contributed by atoms with Gasteiger partial charge < -0.3 is 4.42 Å². The molecule has 0 amide bonds. The van der Waals surface area contributed by atoms with Crippen molar-refractivity contribution in [3.8, 4) is 0 Å². The Hall–Kier alpha value is -2.96. The molecule has 0 radical (unpaired) electrons. The first kappa shape index (κ1) is 15.3. The summed E-state index contributed by atoms with van der Waals surface area (Å²) in [5.74, 6) is 0. The second kappa shape index (κ2) is 5.52. The molecule has 126 valence electrons. The fourth-order valence-electron chi connectivity index (χ4n) is 2.97. The van der Waals surface area contributed by atoms with Crippen LogP contribution in [0.2, 0.25) is 5.02 Å². The quantitative estimate of drug-likeness (QED) is 0.448. The normalized spacial score (nSPS) is 12.6. The third-order valence-electron chi connectivity index (χ3n) is 4.19. The van der Waals surface area contributed by atoms with E-state index >= 15 is 0 Å². The number of hydrogen-bond acceptors (Lipinski definition) is 5. The van der Waals surface area contributed by atoms with Gasteiger partial charge in [-0.15, -0.1) is 0 Å². The molecule has 0 N–H and O–H groups in total. The molecule has 0 atom stereocenters. The number of aromatic nitrogens is 2. The second-order valence-electron chi connectivity index (χ2n) is 5.79. The van der Waals surface area contributed by atoms with Crippen molar-refractivity contribution in [3.63, 3.8) is 0 Å². The minimum atomic E-state index is -0.232. The summed E-state index contributed by atoms with van der Waals surface area (Å²) in [6.45, 7) is 0. The van der Waals surface area contributed by atoms with Crippen molar-refractivity contribution in [2.24, 2.45) is 0 Å². The molecule has 5 aromatic rings. The van der Waals surface area contributed by atoms with Crippen LogP contribution in [0, 0.1) is 0 Å². The summed E-state index contributed by atoms with van der Waals surface area (Å²) < 4.78 is 7.49.